The molecule has 1 saturated carbocycles. The number of piperidine rings is 1. The van der Waals surface area contributed by atoms with Crippen LogP contribution in [-0.4, -0.2) is 37.1 Å². The molecule has 0 aromatic carbocycles. The van der Waals surface area contributed by atoms with Crippen LogP contribution in [0.25, 0.3) is 0 Å². The van der Waals surface area contributed by atoms with Gasteiger partial charge in [-0.15, -0.1) is 0 Å². The van der Waals surface area contributed by atoms with Gasteiger partial charge in [0.25, 0.3) is 0 Å². The van der Waals surface area contributed by atoms with Crippen LogP contribution in [0.5, 0.6) is 0 Å². The lowest BCUT2D eigenvalue weighted by Crippen LogP contribution is -2.44. The highest BCUT2D eigenvalue weighted by Gasteiger charge is 2.31. The highest BCUT2D eigenvalue weighted by atomic mass is 15.2. The van der Waals surface area contributed by atoms with E-state index in [1.807, 2.05) is 0 Å². The van der Waals surface area contributed by atoms with Gasteiger partial charge in [0.2, 0.25) is 0 Å². The third-order valence-corrected chi connectivity index (χ3v) is 2.97. The maximum absolute atomic E-state index is 3.46. The molecule has 1 heterocycles. The molecule has 2 heteroatoms. The Balaban J connectivity index is 1.81. The molecule has 2 fully saturated rings. The van der Waals surface area contributed by atoms with Gasteiger partial charge in [-0.25, -0.2) is 0 Å². The Kier molecular flexibility index (Phi) is 2.14. The van der Waals surface area contributed by atoms with E-state index in [-0.39, 0.29) is 0 Å². The lowest BCUT2D eigenvalue weighted by Gasteiger charge is -2.31. The molecule has 1 N–H and O–H groups in total. The van der Waals surface area contributed by atoms with Crippen LogP contribution in [0.2, 0.25) is 0 Å². The fraction of sp³-hybridized carbons (Fsp3) is 1.00. The number of nitrogens with one attached hydrogen (secondary N) is 1. The molecule has 2 nitrogen and oxygen atoms in total. The van der Waals surface area contributed by atoms with E-state index in [9.17, 15) is 0 Å². The van der Waals surface area contributed by atoms with Gasteiger partial charge < -0.3 is 5.32 Å². The molecule has 0 spiro atoms. The fourth-order valence-electron chi connectivity index (χ4n) is 1.96. The smallest absolute Gasteiger partial charge is 0.0220 e. The van der Waals surface area contributed by atoms with Crippen molar-refractivity contribution in [1.82, 2.24) is 10.2 Å². The lowest BCUT2D eigenvalue weighted by molar-refractivity contribution is 0.195. The maximum Gasteiger partial charge on any atom is 0.0220 e. The third kappa shape index (κ3) is 1.74. The van der Waals surface area contributed by atoms with Crippen LogP contribution < -0.4 is 5.32 Å². The highest BCUT2D eigenvalue weighted by molar-refractivity contribution is 4.88. The summed E-state index contributed by atoms with van der Waals surface area (Å²) in [7, 11) is 2.29. The Labute approximate surface area is 69.0 Å². The van der Waals surface area contributed by atoms with E-state index in [1.165, 1.54) is 38.8 Å². The van der Waals surface area contributed by atoms with E-state index in [4.69, 9.17) is 0 Å². The van der Waals surface area contributed by atoms with Crippen LogP contribution in [0.4, 0.5) is 0 Å². The van der Waals surface area contributed by atoms with Crippen molar-refractivity contribution in [1.29, 1.82) is 0 Å². The number of hydrogen-bond acceptors (Lipinski definition) is 2. The van der Waals surface area contributed by atoms with Crippen molar-refractivity contribution in [3.63, 3.8) is 0 Å². The number of hydrogen-bond donors (Lipinski definition) is 1. The zero-order valence-corrected chi connectivity index (χ0v) is 7.34. The van der Waals surface area contributed by atoms with Crippen LogP contribution in [-0.2, 0) is 0 Å². The van der Waals surface area contributed by atoms with E-state index < -0.39 is 0 Å². The summed E-state index contributed by atoms with van der Waals surface area (Å²) in [4.78, 5) is 2.58. The Morgan fingerprint density at radius 2 is 2.00 bits per heavy atom. The van der Waals surface area contributed by atoms with Crippen molar-refractivity contribution < 1.29 is 0 Å². The molecular weight excluding hydrogens is 136 g/mol. The summed E-state index contributed by atoms with van der Waals surface area (Å²) >= 11 is 0. The highest BCUT2D eigenvalue weighted by Crippen LogP contribution is 2.28. The van der Waals surface area contributed by atoms with Crippen LogP contribution >= 0.6 is 0 Å². The molecule has 1 aliphatic heterocycles. The van der Waals surface area contributed by atoms with Crippen LogP contribution in [0.3, 0.4) is 0 Å². The third-order valence-electron chi connectivity index (χ3n) is 2.97. The van der Waals surface area contributed by atoms with Gasteiger partial charge in [0, 0.05) is 18.6 Å². The standard InChI is InChI=1S/C9H18N2/c1-11(8-4-5-8)9-3-2-6-10-7-9/h8-10H,2-7H2,1H3. The molecule has 1 unspecified atom stereocenters. The van der Waals surface area contributed by atoms with Gasteiger partial charge in [-0.3, -0.25) is 4.90 Å². The molecule has 11 heavy (non-hydrogen) atoms. The maximum atomic E-state index is 3.46. The molecule has 2 aliphatic rings. The van der Waals surface area contributed by atoms with Crippen LogP contribution in [0, 0.1) is 0 Å². The molecule has 0 bridgehead atoms. The molecule has 0 aromatic heterocycles. The topological polar surface area (TPSA) is 15.3 Å². The van der Waals surface area contributed by atoms with Gasteiger partial charge in [-0.1, -0.05) is 0 Å². The van der Waals surface area contributed by atoms with Crippen molar-refractivity contribution in [3.05, 3.63) is 0 Å². The summed E-state index contributed by atoms with van der Waals surface area (Å²) < 4.78 is 0. The molecule has 0 amide bonds. The zero-order chi connectivity index (χ0) is 7.68. The van der Waals surface area contributed by atoms with Crippen molar-refractivity contribution >= 4 is 0 Å². The summed E-state index contributed by atoms with van der Waals surface area (Å²) in [6.07, 6.45) is 5.64. The van der Waals surface area contributed by atoms with Crippen molar-refractivity contribution in [2.24, 2.45) is 0 Å². The first-order valence-corrected chi connectivity index (χ1v) is 4.80. The fourth-order valence-corrected chi connectivity index (χ4v) is 1.96. The Hall–Kier alpha value is -0.0800. The number of likely N-dealkylation sites (N-methyl/N-ethyl adjacent to an activating group) is 1. The van der Waals surface area contributed by atoms with E-state index >= 15 is 0 Å². The zero-order valence-electron chi connectivity index (χ0n) is 7.34. The van der Waals surface area contributed by atoms with Crippen LogP contribution in [0.15, 0.2) is 0 Å². The Bertz CT molecular complexity index is 126. The first kappa shape index (κ1) is 7.56. The summed E-state index contributed by atoms with van der Waals surface area (Å²) in [5.74, 6) is 0. The van der Waals surface area contributed by atoms with Gasteiger partial charge in [0.05, 0.1) is 0 Å². The summed E-state index contributed by atoms with van der Waals surface area (Å²) in [6, 6.07) is 1.76. The van der Waals surface area contributed by atoms with Crippen LogP contribution in [0.1, 0.15) is 25.7 Å². The molecular formula is C9H18N2. The second kappa shape index (κ2) is 3.11. The minimum absolute atomic E-state index is 0.830. The molecule has 2 rings (SSSR count). The van der Waals surface area contributed by atoms with E-state index in [0.717, 1.165) is 12.1 Å². The molecule has 1 atom stereocenters. The number of rotatable bonds is 2. The molecule has 64 valence electrons. The van der Waals surface area contributed by atoms with Gasteiger partial charge in [-0.2, -0.15) is 0 Å². The Morgan fingerprint density at radius 1 is 1.18 bits per heavy atom. The predicted octanol–water partition coefficient (Wildman–Crippen LogP) is 0.833. The van der Waals surface area contributed by atoms with Crippen molar-refractivity contribution in [3.8, 4) is 0 Å². The second-order valence-electron chi connectivity index (χ2n) is 3.90. The Morgan fingerprint density at radius 3 is 2.55 bits per heavy atom. The molecule has 0 radical (unpaired) electrons. The first-order chi connectivity index (χ1) is 5.38. The summed E-state index contributed by atoms with van der Waals surface area (Å²) in [6.45, 7) is 2.45. The second-order valence-corrected chi connectivity index (χ2v) is 3.90. The monoisotopic (exact) mass is 154 g/mol. The summed E-state index contributed by atoms with van der Waals surface area (Å²) in [5.41, 5.74) is 0. The van der Waals surface area contributed by atoms with E-state index in [2.05, 4.69) is 17.3 Å². The van der Waals surface area contributed by atoms with Crippen molar-refractivity contribution in [2.75, 3.05) is 20.1 Å². The lowest BCUT2D eigenvalue weighted by atomic mass is 10.1. The molecule has 1 saturated heterocycles. The van der Waals surface area contributed by atoms with Gasteiger partial charge in [-0.05, 0) is 39.3 Å². The van der Waals surface area contributed by atoms with E-state index in [1.54, 1.807) is 0 Å². The van der Waals surface area contributed by atoms with Gasteiger partial charge in [0.15, 0.2) is 0 Å². The largest absolute Gasteiger partial charge is 0.315 e. The minimum Gasteiger partial charge on any atom is -0.315 e. The molecule has 1 aliphatic carbocycles. The molecule has 0 aromatic rings. The minimum atomic E-state index is 0.830. The SMILES string of the molecule is CN(C1CC1)C1CCCNC1. The number of nitrogens with zero attached hydrogens (tertiary/aromatic N) is 1. The predicted molar refractivity (Wildman–Crippen MR) is 46.7 cm³/mol. The first-order valence-electron chi connectivity index (χ1n) is 4.80. The van der Waals surface area contributed by atoms with Crippen molar-refractivity contribution in [2.45, 2.75) is 37.8 Å². The van der Waals surface area contributed by atoms with Gasteiger partial charge >= 0.3 is 0 Å². The average Bonchev–Trinajstić information content (AvgIpc) is 2.87. The van der Waals surface area contributed by atoms with Gasteiger partial charge in [0.1, 0.15) is 0 Å². The summed E-state index contributed by atoms with van der Waals surface area (Å²) in [5, 5.41) is 3.46. The average molecular weight is 154 g/mol. The quantitative estimate of drug-likeness (QED) is 0.634. The normalized spacial score (nSPS) is 32.7. The van der Waals surface area contributed by atoms with E-state index in [0.29, 0.717) is 0 Å².